The van der Waals surface area contributed by atoms with Crippen LogP contribution in [0.3, 0.4) is 0 Å². The van der Waals surface area contributed by atoms with Crippen LogP contribution in [0.5, 0.6) is 0 Å². The Balaban J connectivity index is -0.0000000133. The molecule has 0 fully saturated rings. The van der Waals surface area contributed by atoms with Crippen LogP contribution in [-0.2, 0) is 26.5 Å². The molecule has 0 aliphatic rings. The normalized spacial score (nSPS) is 4.11. The van der Waals surface area contributed by atoms with Crippen LogP contribution in [0.1, 0.15) is 13.3 Å². The van der Waals surface area contributed by atoms with Gasteiger partial charge in [0.15, 0.2) is 0 Å². The number of carboxylic acid groups (broad SMARTS) is 1. The Morgan fingerprint density at radius 1 is 1.33 bits per heavy atom. The van der Waals surface area contributed by atoms with Crippen LogP contribution in [0.15, 0.2) is 0 Å². The van der Waals surface area contributed by atoms with Crippen molar-refractivity contribution in [1.29, 1.82) is 0 Å². The van der Waals surface area contributed by atoms with Crippen LogP contribution in [-0.4, -0.2) is 11.1 Å². The molecule has 0 bridgehead atoms. The first-order valence-corrected chi connectivity index (χ1v) is 1.49. The first kappa shape index (κ1) is 32.3. The number of rotatable bonds is 1. The van der Waals surface area contributed by atoms with Gasteiger partial charge in [0.25, 0.3) is 0 Å². The minimum atomic E-state index is -0.745. The summed E-state index contributed by atoms with van der Waals surface area (Å²) in [6.07, 6.45) is 0.222. The second-order valence-corrected chi connectivity index (χ2v) is 0.747. The van der Waals surface area contributed by atoms with Crippen molar-refractivity contribution < 1.29 is 31.6 Å². The van der Waals surface area contributed by atoms with Gasteiger partial charge in [0, 0.05) is 28.1 Å². The Bertz CT molecular complexity index is 52.3. The van der Waals surface area contributed by atoms with Crippen LogP contribution in [0.2, 0.25) is 0 Å². The second kappa shape index (κ2) is 23.0. The molecule has 0 aromatic carbocycles. The maximum Gasteiger partial charge on any atom is 0.303 e. The Morgan fingerprint density at radius 2 is 1.44 bits per heavy atom. The predicted molar refractivity (Wildman–Crippen MR) is 39.7 cm³/mol. The standard InChI is InChI=1S/C3H6O2.3ClH.Ti/c1-2-3(4)5;;;;/h2H2,1H3,(H,4,5);3*1H;. The number of aliphatic carboxylic acids is 1. The monoisotopic (exact) mass is 230 g/mol. The maximum absolute atomic E-state index is 9.37. The van der Waals surface area contributed by atoms with E-state index < -0.39 is 5.97 Å². The van der Waals surface area contributed by atoms with E-state index in [1.54, 1.807) is 6.92 Å². The molecule has 9 heavy (non-hydrogen) atoms. The Morgan fingerprint density at radius 3 is 1.44 bits per heavy atom. The number of halogens is 3. The van der Waals surface area contributed by atoms with Gasteiger partial charge in [0.2, 0.25) is 0 Å². The number of hydrogen-bond acceptors (Lipinski definition) is 1. The second-order valence-electron chi connectivity index (χ2n) is 0.747. The summed E-state index contributed by atoms with van der Waals surface area (Å²) in [7, 11) is 0. The summed E-state index contributed by atoms with van der Waals surface area (Å²) in [6.45, 7) is 1.60. The van der Waals surface area contributed by atoms with Gasteiger partial charge in [-0.25, -0.2) is 0 Å². The summed E-state index contributed by atoms with van der Waals surface area (Å²) in [4.78, 5) is 9.37. The van der Waals surface area contributed by atoms with E-state index in [1.165, 1.54) is 0 Å². The molecule has 0 aliphatic carbocycles. The molecule has 1 N–H and O–H groups in total. The van der Waals surface area contributed by atoms with Gasteiger partial charge in [-0.2, -0.15) is 0 Å². The molecule has 6 heteroatoms. The van der Waals surface area contributed by atoms with Gasteiger partial charge in [0.1, 0.15) is 0 Å². The minimum absolute atomic E-state index is 0. The molecule has 0 radical (unpaired) electrons. The third-order valence-corrected chi connectivity index (χ3v) is 0.302. The fraction of sp³-hybridized carbons (Fsp3) is 0.667. The molecule has 0 aromatic rings. The molecule has 2 nitrogen and oxygen atoms in total. The first-order valence-electron chi connectivity index (χ1n) is 1.49. The summed E-state index contributed by atoms with van der Waals surface area (Å²) in [5.74, 6) is -0.745. The van der Waals surface area contributed by atoms with Gasteiger partial charge >= 0.3 is 5.97 Å². The molecule has 0 amide bonds. The van der Waals surface area contributed by atoms with E-state index in [4.69, 9.17) is 5.11 Å². The summed E-state index contributed by atoms with van der Waals surface area (Å²) in [5, 5.41) is 7.72. The van der Waals surface area contributed by atoms with Crippen LogP contribution in [0.4, 0.5) is 0 Å². The summed E-state index contributed by atoms with van der Waals surface area (Å²) < 4.78 is 0. The first-order chi connectivity index (χ1) is 2.27. The topological polar surface area (TPSA) is 37.3 Å². The van der Waals surface area contributed by atoms with Crippen molar-refractivity contribution in [3.63, 3.8) is 0 Å². The van der Waals surface area contributed by atoms with Crippen molar-refractivity contribution in [2.24, 2.45) is 0 Å². The quantitative estimate of drug-likeness (QED) is 0.698. The summed E-state index contributed by atoms with van der Waals surface area (Å²) in [5.41, 5.74) is 0. The molecule has 0 aromatic heterocycles. The molecule has 0 atom stereocenters. The van der Waals surface area contributed by atoms with Gasteiger partial charge < -0.3 is 5.11 Å². The van der Waals surface area contributed by atoms with Crippen molar-refractivity contribution in [1.82, 2.24) is 0 Å². The molecule has 0 saturated carbocycles. The minimum Gasteiger partial charge on any atom is -0.481 e. The van der Waals surface area contributed by atoms with Gasteiger partial charge in [-0.3, -0.25) is 4.79 Å². The molecular weight excluding hydrogens is 222 g/mol. The van der Waals surface area contributed by atoms with E-state index >= 15 is 0 Å². The fourth-order valence-corrected chi connectivity index (χ4v) is 0. The van der Waals surface area contributed by atoms with Crippen LogP contribution >= 0.6 is 37.2 Å². The molecule has 0 unspecified atom stereocenters. The smallest absolute Gasteiger partial charge is 0.303 e. The van der Waals surface area contributed by atoms with Gasteiger partial charge in [-0.05, 0) is 0 Å². The molecule has 0 rings (SSSR count). The largest absolute Gasteiger partial charge is 0.481 e. The Kier molecular flexibility index (Phi) is 82.4. The predicted octanol–water partition coefficient (Wildman–Crippen LogP) is 1.74. The zero-order valence-corrected chi connectivity index (χ0v) is 8.80. The molecule has 0 saturated heterocycles. The van der Waals surface area contributed by atoms with E-state index in [0.717, 1.165) is 0 Å². The molecule has 0 heterocycles. The van der Waals surface area contributed by atoms with E-state index in [-0.39, 0.29) is 65.4 Å². The SMILES string of the molecule is CCC(=O)O.Cl.Cl.Cl.[Ti]. The van der Waals surface area contributed by atoms with Crippen molar-refractivity contribution in [3.8, 4) is 0 Å². The van der Waals surface area contributed by atoms with Crippen LogP contribution in [0, 0.1) is 0 Å². The molecule has 0 spiro atoms. The van der Waals surface area contributed by atoms with Crippen molar-refractivity contribution in [3.05, 3.63) is 0 Å². The zero-order chi connectivity index (χ0) is 4.28. The van der Waals surface area contributed by atoms with Crippen LogP contribution < -0.4 is 0 Å². The Labute approximate surface area is 87.9 Å². The van der Waals surface area contributed by atoms with Gasteiger partial charge in [-0.1, -0.05) is 6.92 Å². The average molecular weight is 231 g/mol. The average Bonchev–Trinajstić information content (AvgIpc) is 1.38. The number of carboxylic acids is 1. The third-order valence-electron chi connectivity index (χ3n) is 0.302. The van der Waals surface area contributed by atoms with Crippen molar-refractivity contribution in [2.45, 2.75) is 13.3 Å². The summed E-state index contributed by atoms with van der Waals surface area (Å²) in [6, 6.07) is 0. The molecular formula is C3H9Cl3O2Ti. The number of carbonyl (C=O) groups is 1. The van der Waals surface area contributed by atoms with Gasteiger partial charge in [0.05, 0.1) is 0 Å². The summed E-state index contributed by atoms with van der Waals surface area (Å²) >= 11 is 0. The van der Waals surface area contributed by atoms with Crippen molar-refractivity contribution in [2.75, 3.05) is 0 Å². The van der Waals surface area contributed by atoms with Gasteiger partial charge in [-0.15, -0.1) is 37.2 Å². The molecule has 58 valence electrons. The Hall–Kier alpha value is 1.05. The molecule has 0 aliphatic heterocycles. The van der Waals surface area contributed by atoms with E-state index in [2.05, 4.69) is 0 Å². The number of hydrogen-bond donors (Lipinski definition) is 1. The van der Waals surface area contributed by atoms with Crippen LogP contribution in [0.25, 0.3) is 0 Å². The van der Waals surface area contributed by atoms with Crippen molar-refractivity contribution >= 4 is 43.2 Å². The third kappa shape index (κ3) is 48.3. The van der Waals surface area contributed by atoms with E-state index in [1.807, 2.05) is 0 Å². The fourth-order valence-electron chi connectivity index (χ4n) is 0. The zero-order valence-electron chi connectivity index (χ0n) is 4.79. The van der Waals surface area contributed by atoms with E-state index in [9.17, 15) is 4.79 Å². The maximum atomic E-state index is 9.37. The van der Waals surface area contributed by atoms with E-state index in [0.29, 0.717) is 0 Å².